The van der Waals surface area contributed by atoms with Gasteiger partial charge in [-0.1, -0.05) is 54.6 Å². The lowest BCUT2D eigenvalue weighted by atomic mass is 10.1. The summed E-state index contributed by atoms with van der Waals surface area (Å²) in [6, 6.07) is 21.6. The highest BCUT2D eigenvalue weighted by Crippen LogP contribution is 2.42. The monoisotopic (exact) mass is 394 g/mol. The molecule has 3 aromatic rings. The van der Waals surface area contributed by atoms with Crippen molar-refractivity contribution in [3.8, 4) is 0 Å². The fourth-order valence-corrected chi connectivity index (χ4v) is 5.96. The Hall–Kier alpha value is -2.41. The van der Waals surface area contributed by atoms with Crippen molar-refractivity contribution in [2.75, 3.05) is 30.5 Å². The summed E-state index contributed by atoms with van der Waals surface area (Å²) in [6.45, 7) is 3.37. The molecule has 0 amide bonds. The SMILES string of the molecule is O=S1(=O)c2cccc3cccc(c23)N1C[C@H]1CN(Cc2ccccc2)CCO1. The van der Waals surface area contributed by atoms with Crippen molar-refractivity contribution < 1.29 is 13.2 Å². The number of anilines is 1. The van der Waals surface area contributed by atoms with Crippen LogP contribution < -0.4 is 4.31 Å². The van der Waals surface area contributed by atoms with Crippen molar-refractivity contribution in [2.24, 2.45) is 0 Å². The van der Waals surface area contributed by atoms with E-state index < -0.39 is 10.0 Å². The van der Waals surface area contributed by atoms with Gasteiger partial charge in [0.05, 0.1) is 29.8 Å². The molecular formula is C22H22N2O3S. The van der Waals surface area contributed by atoms with Crippen molar-refractivity contribution in [3.05, 3.63) is 72.3 Å². The van der Waals surface area contributed by atoms with Gasteiger partial charge in [-0.3, -0.25) is 9.21 Å². The molecule has 0 unspecified atom stereocenters. The lowest BCUT2D eigenvalue weighted by Crippen LogP contribution is -2.47. The van der Waals surface area contributed by atoms with E-state index in [0.717, 1.165) is 29.5 Å². The second kappa shape index (κ2) is 6.88. The molecular weight excluding hydrogens is 372 g/mol. The molecule has 0 aromatic heterocycles. The smallest absolute Gasteiger partial charge is 0.265 e. The molecule has 0 aliphatic carbocycles. The predicted molar refractivity (Wildman–Crippen MR) is 110 cm³/mol. The Kier molecular flexibility index (Phi) is 4.34. The molecule has 0 N–H and O–H groups in total. The molecule has 1 saturated heterocycles. The van der Waals surface area contributed by atoms with Gasteiger partial charge >= 0.3 is 0 Å². The molecule has 2 aliphatic rings. The van der Waals surface area contributed by atoms with Gasteiger partial charge in [0.25, 0.3) is 10.0 Å². The quantitative estimate of drug-likeness (QED) is 0.682. The normalized spacial score (nSPS) is 21.3. The van der Waals surface area contributed by atoms with Crippen molar-refractivity contribution in [1.82, 2.24) is 4.90 Å². The predicted octanol–water partition coefficient (Wildman–Crippen LogP) is 3.25. The first-order chi connectivity index (χ1) is 13.6. The Bertz CT molecular complexity index is 1110. The van der Waals surface area contributed by atoms with Crippen LogP contribution in [0, 0.1) is 0 Å². The van der Waals surface area contributed by atoms with E-state index in [2.05, 4.69) is 17.0 Å². The molecule has 144 valence electrons. The highest BCUT2D eigenvalue weighted by atomic mass is 32.2. The van der Waals surface area contributed by atoms with E-state index >= 15 is 0 Å². The highest BCUT2D eigenvalue weighted by molar-refractivity contribution is 7.93. The van der Waals surface area contributed by atoms with Crippen LogP contribution in [-0.4, -0.2) is 45.7 Å². The van der Waals surface area contributed by atoms with Crippen molar-refractivity contribution in [2.45, 2.75) is 17.5 Å². The third-order valence-electron chi connectivity index (χ3n) is 5.52. The maximum Gasteiger partial charge on any atom is 0.265 e. The molecule has 5 nitrogen and oxygen atoms in total. The minimum absolute atomic E-state index is 0.156. The lowest BCUT2D eigenvalue weighted by molar-refractivity contribution is -0.0254. The van der Waals surface area contributed by atoms with E-state index in [0.29, 0.717) is 24.6 Å². The summed E-state index contributed by atoms with van der Waals surface area (Å²) >= 11 is 0. The highest BCUT2D eigenvalue weighted by Gasteiger charge is 2.37. The molecule has 1 atom stereocenters. The van der Waals surface area contributed by atoms with Gasteiger partial charge in [0.2, 0.25) is 0 Å². The zero-order chi connectivity index (χ0) is 19.1. The second-order valence-electron chi connectivity index (χ2n) is 7.38. The maximum absolute atomic E-state index is 13.2. The first-order valence-electron chi connectivity index (χ1n) is 9.55. The van der Waals surface area contributed by atoms with Crippen LogP contribution in [0.3, 0.4) is 0 Å². The topological polar surface area (TPSA) is 49.9 Å². The van der Waals surface area contributed by atoms with E-state index in [1.165, 1.54) is 9.87 Å². The van der Waals surface area contributed by atoms with Gasteiger partial charge in [-0.25, -0.2) is 8.42 Å². The molecule has 2 aliphatic heterocycles. The summed E-state index contributed by atoms with van der Waals surface area (Å²) in [4.78, 5) is 2.73. The largest absolute Gasteiger partial charge is 0.374 e. The first-order valence-corrected chi connectivity index (χ1v) is 11.0. The molecule has 28 heavy (non-hydrogen) atoms. The van der Waals surface area contributed by atoms with Crippen LogP contribution in [0.4, 0.5) is 5.69 Å². The molecule has 5 rings (SSSR count). The number of nitrogens with zero attached hydrogens (tertiary/aromatic N) is 2. The van der Waals surface area contributed by atoms with E-state index in [1.807, 2.05) is 42.5 Å². The Morgan fingerprint density at radius 2 is 1.75 bits per heavy atom. The zero-order valence-electron chi connectivity index (χ0n) is 15.5. The van der Waals surface area contributed by atoms with Gasteiger partial charge < -0.3 is 4.74 Å². The average molecular weight is 394 g/mol. The minimum atomic E-state index is -3.54. The number of morpholine rings is 1. The van der Waals surface area contributed by atoms with Gasteiger partial charge in [-0.05, 0) is 23.1 Å². The van der Waals surface area contributed by atoms with Crippen LogP contribution in [0.1, 0.15) is 5.56 Å². The lowest BCUT2D eigenvalue weighted by Gasteiger charge is -2.35. The van der Waals surface area contributed by atoms with Gasteiger partial charge in [-0.2, -0.15) is 0 Å². The Labute approximate surface area is 165 Å². The van der Waals surface area contributed by atoms with Crippen LogP contribution in [0.25, 0.3) is 10.8 Å². The third-order valence-corrected chi connectivity index (χ3v) is 7.34. The summed E-state index contributed by atoms with van der Waals surface area (Å²) in [5, 5.41) is 1.78. The number of benzene rings is 3. The number of hydrogen-bond acceptors (Lipinski definition) is 4. The van der Waals surface area contributed by atoms with Crippen molar-refractivity contribution in [3.63, 3.8) is 0 Å². The number of sulfonamides is 1. The maximum atomic E-state index is 13.2. The van der Waals surface area contributed by atoms with Gasteiger partial charge in [-0.15, -0.1) is 0 Å². The van der Waals surface area contributed by atoms with E-state index in [-0.39, 0.29) is 6.10 Å². The Morgan fingerprint density at radius 3 is 2.57 bits per heavy atom. The van der Waals surface area contributed by atoms with E-state index in [9.17, 15) is 8.42 Å². The van der Waals surface area contributed by atoms with E-state index in [1.54, 1.807) is 12.1 Å². The summed E-state index contributed by atoms with van der Waals surface area (Å²) < 4.78 is 33.8. The Morgan fingerprint density at radius 1 is 0.964 bits per heavy atom. The van der Waals surface area contributed by atoms with E-state index in [4.69, 9.17) is 4.74 Å². The zero-order valence-corrected chi connectivity index (χ0v) is 16.3. The number of rotatable bonds is 4. The van der Waals surface area contributed by atoms with Gasteiger partial charge in [0, 0.05) is 25.0 Å². The van der Waals surface area contributed by atoms with Crippen LogP contribution in [0.15, 0.2) is 71.6 Å². The second-order valence-corrected chi connectivity index (χ2v) is 9.21. The molecule has 0 saturated carbocycles. The molecule has 6 heteroatoms. The minimum Gasteiger partial charge on any atom is -0.374 e. The summed E-state index contributed by atoms with van der Waals surface area (Å²) in [6.07, 6.45) is -0.156. The van der Waals surface area contributed by atoms with Crippen LogP contribution in [-0.2, 0) is 21.3 Å². The van der Waals surface area contributed by atoms with Crippen LogP contribution in [0.2, 0.25) is 0 Å². The van der Waals surface area contributed by atoms with Crippen LogP contribution in [0.5, 0.6) is 0 Å². The standard InChI is InChI=1S/C22H22N2O3S/c25-28(26)21-11-5-9-18-8-4-10-20(22(18)21)24(28)16-19-15-23(12-13-27-19)14-17-6-2-1-3-7-17/h1-11,19H,12-16H2/t19-/m1/s1. The molecule has 2 heterocycles. The van der Waals surface area contributed by atoms with Crippen molar-refractivity contribution >= 4 is 26.5 Å². The van der Waals surface area contributed by atoms with Gasteiger partial charge in [0.1, 0.15) is 0 Å². The first kappa shape index (κ1) is 17.7. The summed E-state index contributed by atoms with van der Waals surface area (Å²) in [5.74, 6) is 0. The fraction of sp³-hybridized carbons (Fsp3) is 0.273. The van der Waals surface area contributed by atoms with Crippen molar-refractivity contribution in [1.29, 1.82) is 0 Å². The molecule has 3 aromatic carbocycles. The Balaban J connectivity index is 1.38. The number of hydrogen-bond donors (Lipinski definition) is 0. The third kappa shape index (κ3) is 2.98. The van der Waals surface area contributed by atoms with Gasteiger partial charge in [0.15, 0.2) is 0 Å². The summed E-state index contributed by atoms with van der Waals surface area (Å²) in [7, 11) is -3.54. The molecule has 1 fully saturated rings. The van der Waals surface area contributed by atoms with Crippen LogP contribution >= 0.6 is 0 Å². The average Bonchev–Trinajstić information content (AvgIpc) is 2.93. The molecule has 0 bridgehead atoms. The molecule has 0 radical (unpaired) electrons. The number of ether oxygens (including phenoxy) is 1. The summed E-state index contributed by atoms with van der Waals surface area (Å²) in [5.41, 5.74) is 2.02. The fourth-order valence-electron chi connectivity index (χ4n) is 4.22. The molecule has 0 spiro atoms.